The Labute approximate surface area is 214 Å². The number of carbonyl (C=O) groups excluding carboxylic acids is 2. The molecule has 1 atom stereocenters. The van der Waals surface area contributed by atoms with Gasteiger partial charge in [-0.05, 0) is 51.5 Å². The smallest absolute Gasteiger partial charge is 0.410 e. The van der Waals surface area contributed by atoms with E-state index in [1.807, 2.05) is 33.8 Å². The number of pyridine rings is 3. The van der Waals surface area contributed by atoms with Crippen LogP contribution in [0, 0.1) is 11.3 Å². The van der Waals surface area contributed by atoms with Gasteiger partial charge < -0.3 is 25.0 Å². The molecule has 0 aliphatic carbocycles. The van der Waals surface area contributed by atoms with Gasteiger partial charge in [-0.2, -0.15) is 5.26 Å². The minimum atomic E-state index is -0.556. The lowest BCUT2D eigenvalue weighted by atomic mass is 10.1. The van der Waals surface area contributed by atoms with Crippen molar-refractivity contribution in [3.05, 3.63) is 53.6 Å². The first-order chi connectivity index (χ1) is 17.6. The lowest BCUT2D eigenvalue weighted by molar-refractivity contribution is 0.0158. The van der Waals surface area contributed by atoms with E-state index < -0.39 is 11.5 Å². The lowest BCUT2D eigenvalue weighted by Gasteiger charge is -2.40. The molecule has 1 fully saturated rings. The highest BCUT2D eigenvalue weighted by Gasteiger charge is 2.31. The normalized spacial score (nSPS) is 15.8. The van der Waals surface area contributed by atoms with Gasteiger partial charge in [0.05, 0.1) is 11.7 Å². The van der Waals surface area contributed by atoms with Gasteiger partial charge >= 0.3 is 6.09 Å². The van der Waals surface area contributed by atoms with E-state index in [0.717, 1.165) is 0 Å². The highest BCUT2D eigenvalue weighted by molar-refractivity contribution is 6.00. The van der Waals surface area contributed by atoms with Gasteiger partial charge in [-0.25, -0.2) is 19.7 Å². The topological polar surface area (TPSA) is 145 Å². The van der Waals surface area contributed by atoms with Crippen LogP contribution in [0.5, 0.6) is 5.75 Å². The van der Waals surface area contributed by atoms with Crippen molar-refractivity contribution in [2.75, 3.05) is 24.5 Å². The molecule has 37 heavy (non-hydrogen) atoms. The summed E-state index contributed by atoms with van der Waals surface area (Å²) in [5.74, 6) is -0.107. The highest BCUT2D eigenvalue weighted by Crippen LogP contribution is 2.29. The first-order valence-corrected chi connectivity index (χ1v) is 11.9. The summed E-state index contributed by atoms with van der Waals surface area (Å²) in [5, 5.41) is 22.7. The van der Waals surface area contributed by atoms with Gasteiger partial charge in [0, 0.05) is 43.8 Å². The van der Waals surface area contributed by atoms with Crippen molar-refractivity contribution in [3.63, 3.8) is 0 Å². The summed E-state index contributed by atoms with van der Waals surface area (Å²) in [6.07, 6.45) is 2.63. The molecule has 1 saturated heterocycles. The molecule has 0 radical (unpaired) electrons. The number of aromatic nitrogens is 3. The summed E-state index contributed by atoms with van der Waals surface area (Å²) < 4.78 is 5.51. The van der Waals surface area contributed by atoms with Gasteiger partial charge in [-0.3, -0.25) is 4.79 Å². The average molecular weight is 504 g/mol. The predicted octanol–water partition coefficient (Wildman–Crippen LogP) is 2.98. The molecule has 4 heterocycles. The summed E-state index contributed by atoms with van der Waals surface area (Å²) in [7, 11) is 0. The molecule has 2 N–H and O–H groups in total. The van der Waals surface area contributed by atoms with Crippen LogP contribution in [0.2, 0.25) is 0 Å². The van der Waals surface area contributed by atoms with Crippen molar-refractivity contribution in [1.29, 1.82) is 5.26 Å². The van der Waals surface area contributed by atoms with Crippen molar-refractivity contribution in [3.8, 4) is 11.8 Å². The van der Waals surface area contributed by atoms with Crippen molar-refractivity contribution in [2.45, 2.75) is 45.9 Å². The lowest BCUT2D eigenvalue weighted by Crippen LogP contribution is -2.55. The fraction of sp³-hybridized carbons (Fsp3) is 0.385. The van der Waals surface area contributed by atoms with E-state index in [0.29, 0.717) is 41.9 Å². The number of amides is 2. The number of hydrogen-bond donors (Lipinski definition) is 2. The Morgan fingerprint density at radius 1 is 1.19 bits per heavy atom. The fourth-order valence-corrected chi connectivity index (χ4v) is 4.04. The first kappa shape index (κ1) is 25.6. The third-order valence-electron chi connectivity index (χ3n) is 5.89. The van der Waals surface area contributed by atoms with Gasteiger partial charge in [0.2, 0.25) is 0 Å². The number of carbonyl (C=O) groups is 2. The standard InChI is InChI=1S/C26H29N7O4/c1-16-15-32(9-10-33(16)25(36)37-26(2,3)4)21-8-7-19-20(31-21)14-29-22(23(19)34)24(35)30-13-17-5-6-18(11-27)28-12-17/h5-8,12,14,16,34H,9-10,13,15H2,1-4H3,(H,30,35)/t16-/m0/s1. The van der Waals surface area contributed by atoms with Crippen molar-refractivity contribution in [2.24, 2.45) is 0 Å². The minimum absolute atomic E-state index is 0.0787. The van der Waals surface area contributed by atoms with Crippen LogP contribution in [0.3, 0.4) is 0 Å². The van der Waals surface area contributed by atoms with E-state index in [-0.39, 0.29) is 35.8 Å². The highest BCUT2D eigenvalue weighted by atomic mass is 16.6. The Kier molecular flexibility index (Phi) is 7.11. The Morgan fingerprint density at radius 2 is 1.97 bits per heavy atom. The Balaban J connectivity index is 1.44. The third kappa shape index (κ3) is 5.86. The second-order valence-electron chi connectivity index (χ2n) is 9.87. The predicted molar refractivity (Wildman–Crippen MR) is 136 cm³/mol. The van der Waals surface area contributed by atoms with Crippen molar-refractivity contribution >= 4 is 28.7 Å². The maximum Gasteiger partial charge on any atom is 0.410 e. The van der Waals surface area contributed by atoms with E-state index in [2.05, 4.69) is 25.2 Å². The fourth-order valence-electron chi connectivity index (χ4n) is 4.04. The summed E-state index contributed by atoms with van der Waals surface area (Å²) >= 11 is 0. The molecular weight excluding hydrogens is 474 g/mol. The largest absolute Gasteiger partial charge is 0.505 e. The number of rotatable bonds is 4. The number of aromatic hydroxyl groups is 1. The monoisotopic (exact) mass is 503 g/mol. The molecule has 11 heteroatoms. The number of hydrogen-bond acceptors (Lipinski definition) is 9. The zero-order chi connectivity index (χ0) is 26.7. The number of fused-ring (bicyclic) bond motifs is 1. The Hall–Kier alpha value is -4.46. The third-order valence-corrected chi connectivity index (χ3v) is 5.89. The molecule has 0 spiro atoms. The molecular formula is C26H29N7O4. The van der Waals surface area contributed by atoms with Gasteiger partial charge in [0.25, 0.3) is 5.91 Å². The van der Waals surface area contributed by atoms with Gasteiger partial charge in [-0.15, -0.1) is 0 Å². The number of ether oxygens (including phenoxy) is 1. The van der Waals surface area contributed by atoms with Crippen LogP contribution in [-0.4, -0.2) is 68.2 Å². The molecule has 192 valence electrons. The van der Waals surface area contributed by atoms with Gasteiger partial charge in [0.15, 0.2) is 11.4 Å². The summed E-state index contributed by atoms with van der Waals surface area (Å²) in [6.45, 7) is 9.30. The number of nitriles is 1. The SMILES string of the molecule is C[C@H]1CN(c2ccc3c(O)c(C(=O)NCc4ccc(C#N)nc4)ncc3n2)CCN1C(=O)OC(C)(C)C. The minimum Gasteiger partial charge on any atom is -0.505 e. The zero-order valence-electron chi connectivity index (χ0n) is 21.2. The molecule has 3 aromatic heterocycles. The number of piperazine rings is 1. The van der Waals surface area contributed by atoms with Crippen LogP contribution in [-0.2, 0) is 11.3 Å². The van der Waals surface area contributed by atoms with Gasteiger partial charge in [0.1, 0.15) is 23.2 Å². The molecule has 0 bridgehead atoms. The van der Waals surface area contributed by atoms with Crippen molar-refractivity contribution in [1.82, 2.24) is 25.2 Å². The van der Waals surface area contributed by atoms with E-state index in [9.17, 15) is 14.7 Å². The average Bonchev–Trinajstić information content (AvgIpc) is 2.86. The van der Waals surface area contributed by atoms with Gasteiger partial charge in [-0.1, -0.05) is 6.07 Å². The maximum absolute atomic E-state index is 12.7. The molecule has 3 aromatic rings. The molecule has 0 saturated carbocycles. The molecule has 1 aliphatic heterocycles. The Bertz CT molecular complexity index is 1360. The van der Waals surface area contributed by atoms with Crippen molar-refractivity contribution < 1.29 is 19.4 Å². The molecule has 4 rings (SSSR count). The summed E-state index contributed by atoms with van der Waals surface area (Å²) in [5.41, 5.74) is 0.780. The van der Waals surface area contributed by atoms with E-state index in [1.54, 1.807) is 29.2 Å². The van der Waals surface area contributed by atoms with Crippen LogP contribution in [0.15, 0.2) is 36.7 Å². The number of nitrogens with one attached hydrogen (secondary N) is 1. The number of anilines is 1. The van der Waals surface area contributed by atoms with E-state index in [1.165, 1.54) is 12.4 Å². The first-order valence-electron chi connectivity index (χ1n) is 11.9. The van der Waals surface area contributed by atoms with Crippen LogP contribution in [0.1, 0.15) is 49.4 Å². The summed E-state index contributed by atoms with van der Waals surface area (Å²) in [6, 6.07) is 8.61. The van der Waals surface area contributed by atoms with Crippen LogP contribution >= 0.6 is 0 Å². The Morgan fingerprint density at radius 3 is 2.62 bits per heavy atom. The van der Waals surface area contributed by atoms with E-state index in [4.69, 9.17) is 10.00 Å². The quantitative estimate of drug-likeness (QED) is 0.549. The van der Waals surface area contributed by atoms with Crippen LogP contribution in [0.4, 0.5) is 10.6 Å². The molecule has 0 unspecified atom stereocenters. The molecule has 0 aromatic carbocycles. The summed E-state index contributed by atoms with van der Waals surface area (Å²) in [4.78, 5) is 41.7. The van der Waals surface area contributed by atoms with Crippen LogP contribution < -0.4 is 10.2 Å². The maximum atomic E-state index is 12.7. The number of nitrogens with zero attached hydrogens (tertiary/aromatic N) is 6. The molecule has 11 nitrogen and oxygen atoms in total. The molecule has 2 amide bonds. The van der Waals surface area contributed by atoms with Crippen LogP contribution in [0.25, 0.3) is 10.9 Å². The zero-order valence-corrected chi connectivity index (χ0v) is 21.2. The second kappa shape index (κ2) is 10.3. The molecule has 1 aliphatic rings. The second-order valence-corrected chi connectivity index (χ2v) is 9.87. The van der Waals surface area contributed by atoms with E-state index >= 15 is 0 Å².